The minimum atomic E-state index is -0.253. The smallest absolute Gasteiger partial charge is 0.302 e. The lowest BCUT2D eigenvalue weighted by atomic mass is 10.0. The highest BCUT2D eigenvalue weighted by atomic mass is 16.5. The van der Waals surface area contributed by atoms with Gasteiger partial charge in [-0.3, -0.25) is 9.69 Å². The highest BCUT2D eigenvalue weighted by molar-refractivity contribution is 5.66. The molecule has 2 bridgehead atoms. The van der Waals surface area contributed by atoms with Gasteiger partial charge >= 0.3 is 5.97 Å². The van der Waals surface area contributed by atoms with Crippen molar-refractivity contribution in [2.24, 2.45) is 0 Å². The largest absolute Gasteiger partial charge is 0.461 e. The number of esters is 1. The van der Waals surface area contributed by atoms with Gasteiger partial charge in [0.05, 0.1) is 6.10 Å². The molecule has 1 N–H and O–H groups in total. The fourth-order valence-electron chi connectivity index (χ4n) is 2.76. The lowest BCUT2D eigenvalue weighted by molar-refractivity contribution is -0.147. The van der Waals surface area contributed by atoms with Crippen molar-refractivity contribution in [3.05, 3.63) is 0 Å². The van der Waals surface area contributed by atoms with Gasteiger partial charge in [-0.05, 0) is 19.9 Å². The van der Waals surface area contributed by atoms with Crippen molar-refractivity contribution in [1.82, 2.24) is 4.90 Å². The third-order valence-electron chi connectivity index (χ3n) is 3.47. The van der Waals surface area contributed by atoms with E-state index in [9.17, 15) is 9.90 Å². The van der Waals surface area contributed by atoms with Crippen LogP contribution in [0.15, 0.2) is 0 Å². The first-order valence-corrected chi connectivity index (χ1v) is 5.17. The van der Waals surface area contributed by atoms with Gasteiger partial charge in [-0.1, -0.05) is 0 Å². The summed E-state index contributed by atoms with van der Waals surface area (Å²) >= 11 is 0. The summed E-state index contributed by atoms with van der Waals surface area (Å²) in [5.74, 6) is -0.217. The predicted octanol–water partition coefficient (Wildman–Crippen LogP) is 0.145. The first kappa shape index (κ1) is 9.93. The maximum atomic E-state index is 10.9. The van der Waals surface area contributed by atoms with E-state index in [0.29, 0.717) is 6.04 Å². The van der Waals surface area contributed by atoms with Crippen LogP contribution in [0.2, 0.25) is 0 Å². The average Bonchev–Trinajstić information content (AvgIpc) is 2.27. The number of aliphatic hydroxyl groups excluding tert-OH is 1. The Labute approximate surface area is 83.8 Å². The fraction of sp³-hybridized carbons (Fsp3) is 0.900. The number of piperidine rings is 1. The molecule has 2 fully saturated rings. The summed E-state index contributed by atoms with van der Waals surface area (Å²) in [6.07, 6.45) is 2.27. The van der Waals surface area contributed by atoms with Crippen LogP contribution in [0, 0.1) is 0 Å². The Hall–Kier alpha value is -0.610. The lowest BCUT2D eigenvalue weighted by Crippen LogP contribution is -2.46. The van der Waals surface area contributed by atoms with E-state index in [2.05, 4.69) is 4.90 Å². The molecule has 0 aromatic carbocycles. The number of nitrogens with zero attached hydrogens (tertiary/aromatic N) is 1. The Morgan fingerprint density at radius 3 is 2.71 bits per heavy atom. The first-order valence-electron chi connectivity index (χ1n) is 5.17. The minimum absolute atomic E-state index is 0.0142. The molecule has 2 aliphatic rings. The molecule has 2 rings (SSSR count). The molecule has 2 saturated heterocycles. The Kier molecular flexibility index (Phi) is 2.49. The van der Waals surface area contributed by atoms with E-state index in [1.807, 2.05) is 7.05 Å². The second-order valence-corrected chi connectivity index (χ2v) is 4.33. The molecule has 4 nitrogen and oxygen atoms in total. The normalized spacial score (nSPS) is 42.5. The molecular formula is C10H17NO3. The van der Waals surface area contributed by atoms with Crippen LogP contribution in [0.4, 0.5) is 0 Å². The van der Waals surface area contributed by atoms with E-state index in [0.717, 1.165) is 19.3 Å². The van der Waals surface area contributed by atoms with Crippen molar-refractivity contribution in [2.45, 2.75) is 50.5 Å². The van der Waals surface area contributed by atoms with Crippen LogP contribution in [0.3, 0.4) is 0 Å². The third kappa shape index (κ3) is 1.53. The molecule has 0 aromatic heterocycles. The van der Waals surface area contributed by atoms with Gasteiger partial charge in [-0.25, -0.2) is 0 Å². The summed E-state index contributed by atoms with van der Waals surface area (Å²) in [5, 5.41) is 9.74. The van der Waals surface area contributed by atoms with E-state index in [4.69, 9.17) is 4.74 Å². The first-order chi connectivity index (χ1) is 6.59. The van der Waals surface area contributed by atoms with Crippen molar-refractivity contribution in [3.63, 3.8) is 0 Å². The molecule has 80 valence electrons. The van der Waals surface area contributed by atoms with Gasteiger partial charge < -0.3 is 9.84 Å². The summed E-state index contributed by atoms with van der Waals surface area (Å²) in [4.78, 5) is 13.0. The fourth-order valence-corrected chi connectivity index (χ4v) is 2.76. The van der Waals surface area contributed by atoms with Crippen LogP contribution in [0.25, 0.3) is 0 Å². The van der Waals surface area contributed by atoms with Crippen LogP contribution < -0.4 is 0 Å². The van der Waals surface area contributed by atoms with E-state index in [1.165, 1.54) is 6.92 Å². The zero-order valence-electron chi connectivity index (χ0n) is 8.64. The van der Waals surface area contributed by atoms with E-state index in [1.54, 1.807) is 0 Å². The van der Waals surface area contributed by atoms with Crippen molar-refractivity contribution in [3.8, 4) is 0 Å². The highest BCUT2D eigenvalue weighted by Crippen LogP contribution is 2.36. The zero-order chi connectivity index (χ0) is 10.3. The Morgan fingerprint density at radius 1 is 1.43 bits per heavy atom. The molecule has 0 amide bonds. The van der Waals surface area contributed by atoms with Crippen LogP contribution in [0.5, 0.6) is 0 Å². The van der Waals surface area contributed by atoms with Gasteiger partial charge in [0.2, 0.25) is 0 Å². The maximum absolute atomic E-state index is 10.9. The molecule has 0 radical (unpaired) electrons. The Morgan fingerprint density at radius 2 is 2.14 bits per heavy atom. The Bertz CT molecular complexity index is 244. The number of aliphatic hydroxyl groups is 1. The molecular weight excluding hydrogens is 182 g/mol. The lowest BCUT2D eigenvalue weighted by Gasteiger charge is -2.34. The van der Waals surface area contributed by atoms with Gasteiger partial charge in [0, 0.05) is 25.4 Å². The van der Waals surface area contributed by atoms with Gasteiger partial charge in [0.15, 0.2) is 0 Å². The van der Waals surface area contributed by atoms with Crippen LogP contribution in [0.1, 0.15) is 26.2 Å². The molecule has 0 saturated carbocycles. The minimum Gasteiger partial charge on any atom is -0.461 e. The molecule has 14 heavy (non-hydrogen) atoms. The molecule has 4 atom stereocenters. The quantitative estimate of drug-likeness (QED) is 0.610. The number of carbonyl (C=O) groups excluding carboxylic acids is 1. The predicted molar refractivity (Wildman–Crippen MR) is 50.8 cm³/mol. The second kappa shape index (κ2) is 3.51. The van der Waals surface area contributed by atoms with Crippen molar-refractivity contribution in [1.29, 1.82) is 0 Å². The van der Waals surface area contributed by atoms with Crippen molar-refractivity contribution >= 4 is 5.97 Å². The van der Waals surface area contributed by atoms with Crippen LogP contribution in [-0.4, -0.2) is 47.3 Å². The molecule has 2 heterocycles. The highest BCUT2D eigenvalue weighted by Gasteiger charge is 2.47. The van der Waals surface area contributed by atoms with Gasteiger partial charge in [0.25, 0.3) is 0 Å². The number of likely N-dealkylation sites (N-methyl/N-ethyl adjacent to an activating group) is 1. The molecule has 0 spiro atoms. The number of rotatable bonds is 1. The van der Waals surface area contributed by atoms with Gasteiger partial charge in [0.1, 0.15) is 6.10 Å². The molecule has 0 aliphatic carbocycles. The summed E-state index contributed by atoms with van der Waals surface area (Å²) in [6, 6.07) is 0.491. The van der Waals surface area contributed by atoms with E-state index >= 15 is 0 Å². The molecule has 2 aliphatic heterocycles. The number of hydrogen-bond acceptors (Lipinski definition) is 4. The topological polar surface area (TPSA) is 49.8 Å². The van der Waals surface area contributed by atoms with E-state index < -0.39 is 0 Å². The van der Waals surface area contributed by atoms with Crippen molar-refractivity contribution in [2.75, 3.05) is 7.05 Å². The number of fused-ring (bicyclic) bond motifs is 2. The SMILES string of the molecule is CC(=O)O[C@H]1C[C@@H]2C(O)CC[C@H]1N2C. The summed E-state index contributed by atoms with van der Waals surface area (Å²) in [7, 11) is 2.00. The standard InChI is InChI=1S/C10H17NO3/c1-6(12)14-10-5-8-9(13)4-3-7(10)11(8)2/h7-10,13H,3-5H2,1-2H3/t7-,8-,9?,10+/m1/s1. The molecule has 4 heteroatoms. The van der Waals surface area contributed by atoms with Crippen molar-refractivity contribution < 1.29 is 14.6 Å². The number of hydrogen-bond donors (Lipinski definition) is 1. The average molecular weight is 199 g/mol. The maximum Gasteiger partial charge on any atom is 0.302 e. The monoisotopic (exact) mass is 199 g/mol. The van der Waals surface area contributed by atoms with Gasteiger partial charge in [-0.2, -0.15) is 0 Å². The van der Waals surface area contributed by atoms with E-state index in [-0.39, 0.29) is 24.2 Å². The second-order valence-electron chi connectivity index (χ2n) is 4.33. The summed E-state index contributed by atoms with van der Waals surface area (Å²) in [6.45, 7) is 1.44. The molecule has 1 unspecified atom stereocenters. The number of carbonyl (C=O) groups is 1. The Balaban J connectivity index is 2.07. The zero-order valence-corrected chi connectivity index (χ0v) is 8.64. The van der Waals surface area contributed by atoms with Crippen LogP contribution >= 0.6 is 0 Å². The number of ether oxygens (including phenoxy) is 1. The molecule has 0 aromatic rings. The summed E-state index contributed by atoms with van der Waals surface area (Å²) < 4.78 is 5.25. The van der Waals surface area contributed by atoms with Crippen LogP contribution in [-0.2, 0) is 9.53 Å². The summed E-state index contributed by atoms with van der Waals surface area (Å²) in [5.41, 5.74) is 0. The van der Waals surface area contributed by atoms with Gasteiger partial charge in [-0.15, -0.1) is 0 Å². The third-order valence-corrected chi connectivity index (χ3v) is 3.47.